The lowest BCUT2D eigenvalue weighted by atomic mass is 9.62. The first-order valence-corrected chi connectivity index (χ1v) is 42.4. The zero-order valence-electron chi connectivity index (χ0n) is 70.3. The van der Waals surface area contributed by atoms with Crippen LogP contribution in [-0.2, 0) is 69.8 Å². The van der Waals surface area contributed by atoms with Gasteiger partial charge in [0.25, 0.3) is 0 Å². The lowest BCUT2D eigenvalue weighted by Gasteiger charge is -2.51. The standard InChI is InChI=1S/C25H25F3N2O2.C25H26N2O4.C25H28N2O3.C25H28N2O2/c1-4-21-22(5-2)32-24(31-21)12-6-7-18-13-20-16(14-23(18,24)3)15-29-30(20)19-10-8-17(9-11-19)25(26,27)28;1-4-21-22(5-2)31-25(30-21)12-6-7-18-13-20-17(14-24(18,25)3)15-26-27(20)19-10-8-16(9-11-19)23(28)29;1-5-22-23(6-2)30-25(29-22)13-7-8-18-14-21-17(15-24(18,25)3)16-26-27(21)19-9-11-20(28-4)12-10-19;1-5-22-23(6-2)29-25(28-22)13-7-8-19-14-21-18(15-24(19,25)4)16-26-27(21)20-11-9-17(3)10-12-20/h4-5,8-11,13,15,21-22H,1-2,6-7,12,14H2,3H3;4-5,8-11,13,15,21-22H,1-2,6-7,12,14H2,3H3,(H,28,29);5-6,9-12,14,16,22-23H,1-2,7-8,13,15H2,3-4H3;5-6,9-12,14,16,22-23H,1-2,7-8,13,15H2,3-4H3/t21-,22-,23+;21-,22-,24+;2*22-,23-,24+/m1111/s1. The predicted octanol–water partition coefficient (Wildman–Crippen LogP) is 20.5. The number of hydrogen-bond acceptors (Lipinski definition) is 14. The number of carbonyl (C=O) groups is 1. The van der Waals surface area contributed by atoms with E-state index < -0.39 is 40.9 Å². The molecule has 0 amide bonds. The van der Waals surface area contributed by atoms with Crippen molar-refractivity contribution in [1.82, 2.24) is 39.1 Å². The van der Waals surface area contributed by atoms with Crippen molar-refractivity contribution >= 4 is 30.3 Å². The monoisotopic (exact) mass is 1650 g/mol. The largest absolute Gasteiger partial charge is 0.497 e. The molecule has 8 fully saturated rings. The predicted molar refractivity (Wildman–Crippen MR) is 464 cm³/mol. The maximum Gasteiger partial charge on any atom is 0.416 e. The zero-order valence-corrected chi connectivity index (χ0v) is 70.3. The molecule has 4 aliphatic heterocycles. The molecule has 0 radical (unpaired) electrons. The highest BCUT2D eigenvalue weighted by atomic mass is 19.4. The fraction of sp³-hybridized carbons (Fsp3) is 0.390. The van der Waals surface area contributed by atoms with Crippen LogP contribution in [0.1, 0.15) is 171 Å². The lowest BCUT2D eigenvalue weighted by molar-refractivity contribution is -0.243. The van der Waals surface area contributed by atoms with E-state index in [4.69, 9.17) is 57.9 Å². The molecule has 19 nitrogen and oxygen atoms in total. The summed E-state index contributed by atoms with van der Waals surface area (Å²) in [6.45, 7) is 42.4. The van der Waals surface area contributed by atoms with E-state index >= 15 is 0 Å². The minimum Gasteiger partial charge on any atom is -0.497 e. The fourth-order valence-corrected chi connectivity index (χ4v) is 21.2. The van der Waals surface area contributed by atoms with Crippen molar-refractivity contribution in [2.75, 3.05) is 7.11 Å². The molecule has 0 unspecified atom stereocenters. The first-order valence-electron chi connectivity index (χ1n) is 42.4. The van der Waals surface area contributed by atoms with Gasteiger partial charge in [-0.15, -0.1) is 52.6 Å². The normalized spacial score (nSPS) is 29.0. The first kappa shape index (κ1) is 83.6. The number of carboxylic acids is 1. The van der Waals surface area contributed by atoms with Crippen molar-refractivity contribution in [1.29, 1.82) is 0 Å². The number of aromatic carboxylic acids is 1. The number of hydrogen-bond donors (Lipinski definition) is 1. The molecular weight excluding hydrogens is 1550 g/mol. The number of ether oxygens (including phenoxy) is 9. The van der Waals surface area contributed by atoms with Crippen molar-refractivity contribution in [2.24, 2.45) is 21.7 Å². The van der Waals surface area contributed by atoms with Gasteiger partial charge in [-0.05, 0) is 215 Å². The number of aryl methyl sites for hydroxylation is 1. The number of halogens is 3. The van der Waals surface area contributed by atoms with E-state index in [2.05, 4.69) is 151 Å². The SMILES string of the molecule is C=C[C@H]1OC2(CCCC3=Cc4c(cnn4-c4ccc(C(=O)O)cc4)C[C@@]32C)O[C@@H]1C=C.C=C[C@H]1OC2(CCCC3=Cc4c(cnn4-c4ccc(C(F)(F)F)cc4)C[C@@]32C)O[C@@H]1C=C.C=C[C@H]1OC2(CCCC3=Cc4c(cnn4-c4ccc(C)cc4)C[C@@]32C)O[C@@H]1C=C.C=C[C@H]1OC2(CCCC3=Cc4c(cnn4-c4ccc(OC)cc4)C[C@@]32C)O[C@@H]1C=C. The van der Waals surface area contributed by atoms with Gasteiger partial charge >= 0.3 is 12.1 Å². The van der Waals surface area contributed by atoms with E-state index in [0.717, 1.165) is 159 Å². The molecule has 4 spiro atoms. The van der Waals surface area contributed by atoms with Gasteiger partial charge in [0.1, 0.15) is 54.6 Å². The summed E-state index contributed by atoms with van der Waals surface area (Å²) in [5.41, 5.74) is 17.3. The second-order valence-corrected chi connectivity index (χ2v) is 35.0. The van der Waals surface area contributed by atoms with Gasteiger partial charge in [0.05, 0.1) is 88.5 Å². The Morgan fingerprint density at radius 2 is 0.639 bits per heavy atom. The smallest absolute Gasteiger partial charge is 0.416 e. The molecule has 4 aromatic carbocycles. The van der Waals surface area contributed by atoms with Crippen molar-refractivity contribution in [3.05, 3.63) is 307 Å². The van der Waals surface area contributed by atoms with Gasteiger partial charge in [0.2, 0.25) is 0 Å². The molecule has 122 heavy (non-hydrogen) atoms. The lowest BCUT2D eigenvalue weighted by Crippen LogP contribution is -2.53. The Bertz CT molecular complexity index is 5520. The third-order valence-corrected chi connectivity index (χ3v) is 28.1. The first-order chi connectivity index (χ1) is 58.6. The Kier molecular flexibility index (Phi) is 21.9. The van der Waals surface area contributed by atoms with Gasteiger partial charge in [-0.3, -0.25) is 0 Å². The number of benzene rings is 4. The summed E-state index contributed by atoms with van der Waals surface area (Å²) < 4.78 is 104. The topological polar surface area (TPSA) is 192 Å². The number of rotatable bonds is 14. The number of fused-ring (bicyclic) bond motifs is 12. The molecule has 4 saturated heterocycles. The average molecular weight is 1650 g/mol. The van der Waals surface area contributed by atoms with Crippen LogP contribution < -0.4 is 4.74 Å². The van der Waals surface area contributed by atoms with Crippen LogP contribution in [0.4, 0.5) is 13.2 Å². The third-order valence-electron chi connectivity index (χ3n) is 28.1. The zero-order chi connectivity index (χ0) is 85.7. The molecule has 22 heteroatoms. The van der Waals surface area contributed by atoms with Crippen molar-refractivity contribution < 1.29 is 65.7 Å². The Morgan fingerprint density at radius 3 is 0.869 bits per heavy atom. The van der Waals surface area contributed by atoms with Crippen LogP contribution in [0.3, 0.4) is 0 Å². The van der Waals surface area contributed by atoms with Crippen LogP contribution in [0, 0.1) is 28.6 Å². The van der Waals surface area contributed by atoms with Gasteiger partial charge in [-0.1, -0.05) is 116 Å². The van der Waals surface area contributed by atoms with Crippen LogP contribution in [-0.4, -0.2) is 129 Å². The molecule has 4 saturated carbocycles. The number of aromatic nitrogens is 8. The summed E-state index contributed by atoms with van der Waals surface area (Å²) in [6.07, 6.45) is 39.6. The molecule has 8 heterocycles. The van der Waals surface area contributed by atoms with Crippen molar-refractivity contribution in [3.8, 4) is 28.5 Å². The number of methoxy groups -OCH3 is 1. The molecule has 1 N–H and O–H groups in total. The highest BCUT2D eigenvalue weighted by Gasteiger charge is 2.66. The van der Waals surface area contributed by atoms with Crippen molar-refractivity contribution in [2.45, 2.75) is 216 Å². The Labute approximate surface area is 711 Å². The molecular formula is C100H107F3N8O11. The molecule has 12 aliphatic rings. The van der Waals surface area contributed by atoms with Crippen LogP contribution in [0.5, 0.6) is 5.75 Å². The van der Waals surface area contributed by atoms with E-state index in [0.29, 0.717) is 12.1 Å². The van der Waals surface area contributed by atoms with E-state index in [1.165, 1.54) is 56.8 Å². The summed E-state index contributed by atoms with van der Waals surface area (Å²) in [7, 11) is 1.68. The van der Waals surface area contributed by atoms with Gasteiger partial charge in [0.15, 0.2) is 23.1 Å². The number of carboxylic acid groups (broad SMARTS) is 1. The summed E-state index contributed by atoms with van der Waals surface area (Å²) in [5.74, 6) is -2.89. The number of nitrogens with zero attached hydrogens (tertiary/aromatic N) is 8. The van der Waals surface area contributed by atoms with Crippen molar-refractivity contribution in [3.63, 3.8) is 0 Å². The maximum absolute atomic E-state index is 12.9. The van der Waals surface area contributed by atoms with Gasteiger partial charge in [0, 0.05) is 47.3 Å². The van der Waals surface area contributed by atoms with E-state index in [1.54, 1.807) is 66.6 Å². The maximum atomic E-state index is 12.9. The third kappa shape index (κ3) is 13.8. The molecule has 12 atom stereocenters. The summed E-state index contributed by atoms with van der Waals surface area (Å²) >= 11 is 0. The second-order valence-electron chi connectivity index (χ2n) is 35.0. The van der Waals surface area contributed by atoms with E-state index in [1.807, 2.05) is 76.5 Å². The molecule has 20 rings (SSSR count). The van der Waals surface area contributed by atoms with Crippen LogP contribution in [0.25, 0.3) is 47.1 Å². The quantitative estimate of drug-likeness (QED) is 0.101. The molecule has 8 aromatic rings. The highest BCUT2D eigenvalue weighted by Crippen LogP contribution is 2.63. The van der Waals surface area contributed by atoms with E-state index in [-0.39, 0.29) is 76.1 Å². The highest BCUT2D eigenvalue weighted by molar-refractivity contribution is 5.87. The number of alkyl halides is 3. The minimum atomic E-state index is -4.36. The molecule has 4 aromatic heterocycles. The van der Waals surface area contributed by atoms with Crippen LogP contribution in [0.15, 0.2) is 245 Å². The minimum absolute atomic E-state index is 0.152. The van der Waals surface area contributed by atoms with E-state index in [9.17, 15) is 18.0 Å². The Morgan fingerprint density at radius 1 is 0.402 bits per heavy atom. The Balaban J connectivity index is 0.000000116. The van der Waals surface area contributed by atoms with Gasteiger partial charge in [-0.25, -0.2) is 23.5 Å². The molecule has 634 valence electrons. The molecule has 8 aliphatic carbocycles. The fourth-order valence-electron chi connectivity index (χ4n) is 21.2. The summed E-state index contributed by atoms with van der Waals surface area (Å²) in [6, 6.07) is 28.4. The average Bonchev–Trinajstić information content (AvgIpc) is 1.51. The summed E-state index contributed by atoms with van der Waals surface area (Å²) in [5, 5.41) is 27.7. The summed E-state index contributed by atoms with van der Waals surface area (Å²) in [4.78, 5) is 11.2. The Hall–Kier alpha value is -10.7. The van der Waals surface area contributed by atoms with Gasteiger partial charge < -0.3 is 47.7 Å². The van der Waals surface area contributed by atoms with Crippen LogP contribution >= 0.6 is 0 Å². The molecule has 0 bridgehead atoms. The van der Waals surface area contributed by atoms with Gasteiger partial charge in [-0.2, -0.15) is 33.6 Å². The van der Waals surface area contributed by atoms with Crippen LogP contribution in [0.2, 0.25) is 0 Å². The second kappa shape index (κ2) is 31.9.